The van der Waals surface area contributed by atoms with Gasteiger partial charge in [0.15, 0.2) is 0 Å². The summed E-state index contributed by atoms with van der Waals surface area (Å²) < 4.78 is 5.00. The number of hydrogen-bond acceptors (Lipinski definition) is 8. The van der Waals surface area contributed by atoms with Crippen molar-refractivity contribution < 1.29 is 9.66 Å². The fraction of sp³-hybridized carbons (Fsp3) is 0.583. The van der Waals surface area contributed by atoms with Gasteiger partial charge in [-0.3, -0.25) is 10.1 Å². The maximum Gasteiger partial charge on any atom is 0.353 e. The zero-order valence-corrected chi connectivity index (χ0v) is 12.1. The summed E-state index contributed by atoms with van der Waals surface area (Å²) in [5, 5.41) is 22.9. The number of nitrogens with zero attached hydrogens (tertiary/aromatic N) is 5. The minimum absolute atomic E-state index is 0.173. The molecule has 0 fully saturated rings. The highest BCUT2D eigenvalue weighted by Crippen LogP contribution is 2.31. The van der Waals surface area contributed by atoms with Crippen LogP contribution in [0.1, 0.15) is 13.3 Å². The summed E-state index contributed by atoms with van der Waals surface area (Å²) in [5.41, 5.74) is -0.187. The van der Waals surface area contributed by atoms with E-state index >= 15 is 0 Å². The van der Waals surface area contributed by atoms with Crippen molar-refractivity contribution in [3.05, 3.63) is 16.4 Å². The Kier molecular flexibility index (Phi) is 6.83. The first kappa shape index (κ1) is 16.6. The van der Waals surface area contributed by atoms with Gasteiger partial charge < -0.3 is 15.0 Å². The van der Waals surface area contributed by atoms with Crippen LogP contribution in [0.15, 0.2) is 6.33 Å². The first-order valence-electron chi connectivity index (χ1n) is 6.49. The van der Waals surface area contributed by atoms with Crippen molar-refractivity contribution in [1.82, 2.24) is 9.97 Å². The van der Waals surface area contributed by atoms with Crippen LogP contribution in [0.5, 0.6) is 0 Å². The zero-order valence-electron chi connectivity index (χ0n) is 12.1. The predicted molar refractivity (Wildman–Crippen MR) is 77.2 cm³/mol. The van der Waals surface area contributed by atoms with Gasteiger partial charge >= 0.3 is 5.69 Å². The normalized spacial score (nSPS) is 9.95. The van der Waals surface area contributed by atoms with Gasteiger partial charge in [-0.25, -0.2) is 9.97 Å². The lowest BCUT2D eigenvalue weighted by molar-refractivity contribution is -0.383. The lowest BCUT2D eigenvalue weighted by Crippen LogP contribution is -2.30. The highest BCUT2D eigenvalue weighted by Gasteiger charge is 2.26. The maximum absolute atomic E-state index is 11.3. The van der Waals surface area contributed by atoms with E-state index in [1.54, 1.807) is 12.0 Å². The third-order valence-corrected chi connectivity index (χ3v) is 2.69. The average Bonchev–Trinajstić information content (AvgIpc) is 2.47. The number of methoxy groups -OCH3 is 1. The fourth-order valence-electron chi connectivity index (χ4n) is 1.78. The van der Waals surface area contributed by atoms with Crippen LogP contribution in [0.4, 0.5) is 17.3 Å². The van der Waals surface area contributed by atoms with Gasteiger partial charge in [-0.05, 0) is 6.92 Å². The number of aromatic nitrogens is 2. The molecule has 0 aliphatic heterocycles. The van der Waals surface area contributed by atoms with Gasteiger partial charge in [-0.1, -0.05) is 0 Å². The molecule has 1 N–H and O–H groups in total. The minimum Gasteiger partial charge on any atom is -0.383 e. The lowest BCUT2D eigenvalue weighted by atomic mass is 10.3. The second kappa shape index (κ2) is 8.65. The quantitative estimate of drug-likeness (QED) is 0.533. The van der Waals surface area contributed by atoms with E-state index in [1.807, 2.05) is 13.0 Å². The standard InChI is InChI=1S/C12H18N6O3/c1-3-14-11-10(18(19)20)12(16-9-15-11)17(6-4-5-13)7-8-21-2/h9H,3-4,6-8H2,1-2H3,(H,14,15,16). The summed E-state index contributed by atoms with van der Waals surface area (Å²) >= 11 is 0. The number of hydrogen-bond donors (Lipinski definition) is 1. The molecule has 0 amide bonds. The third-order valence-electron chi connectivity index (χ3n) is 2.69. The highest BCUT2D eigenvalue weighted by atomic mass is 16.6. The molecule has 21 heavy (non-hydrogen) atoms. The van der Waals surface area contributed by atoms with Gasteiger partial charge in [0, 0.05) is 26.7 Å². The smallest absolute Gasteiger partial charge is 0.353 e. The summed E-state index contributed by atoms with van der Waals surface area (Å²) in [4.78, 5) is 20.4. The average molecular weight is 294 g/mol. The summed E-state index contributed by atoms with van der Waals surface area (Å²) in [6.07, 6.45) is 1.51. The molecule has 114 valence electrons. The Morgan fingerprint density at radius 3 is 2.86 bits per heavy atom. The van der Waals surface area contributed by atoms with Gasteiger partial charge in [0.2, 0.25) is 11.6 Å². The third kappa shape index (κ3) is 4.54. The van der Waals surface area contributed by atoms with Crippen LogP contribution >= 0.6 is 0 Å². The van der Waals surface area contributed by atoms with Crippen molar-refractivity contribution in [2.75, 3.05) is 43.6 Å². The molecule has 0 unspecified atom stereocenters. The molecule has 0 saturated carbocycles. The van der Waals surface area contributed by atoms with Crippen LogP contribution in [-0.2, 0) is 4.74 Å². The largest absolute Gasteiger partial charge is 0.383 e. The zero-order chi connectivity index (χ0) is 15.7. The molecule has 1 heterocycles. The molecule has 0 aliphatic rings. The number of anilines is 2. The molecular formula is C12H18N6O3. The lowest BCUT2D eigenvalue weighted by Gasteiger charge is -2.22. The molecule has 9 nitrogen and oxygen atoms in total. The Morgan fingerprint density at radius 2 is 2.29 bits per heavy atom. The molecule has 0 radical (unpaired) electrons. The molecule has 0 saturated heterocycles. The second-order valence-corrected chi connectivity index (χ2v) is 4.07. The molecule has 1 aromatic rings. The number of ether oxygens (including phenoxy) is 1. The van der Waals surface area contributed by atoms with E-state index in [4.69, 9.17) is 10.00 Å². The molecule has 1 aromatic heterocycles. The number of nitro groups is 1. The van der Waals surface area contributed by atoms with E-state index in [9.17, 15) is 10.1 Å². The number of nitriles is 1. The van der Waals surface area contributed by atoms with Crippen LogP contribution in [0.3, 0.4) is 0 Å². The molecule has 0 spiro atoms. The van der Waals surface area contributed by atoms with Crippen molar-refractivity contribution in [3.8, 4) is 6.07 Å². The van der Waals surface area contributed by atoms with Gasteiger partial charge in [0.05, 0.1) is 24.0 Å². The molecular weight excluding hydrogens is 276 g/mol. The summed E-state index contributed by atoms with van der Waals surface area (Å²) in [5.74, 6) is 0.366. The number of rotatable bonds is 9. The van der Waals surface area contributed by atoms with Gasteiger partial charge in [0.25, 0.3) is 0 Å². The minimum atomic E-state index is -0.514. The summed E-state index contributed by atoms with van der Waals surface area (Å²) in [6, 6.07) is 2.02. The molecule has 1 rings (SSSR count). The second-order valence-electron chi connectivity index (χ2n) is 4.07. The Morgan fingerprint density at radius 1 is 1.52 bits per heavy atom. The first-order valence-corrected chi connectivity index (χ1v) is 6.49. The van der Waals surface area contributed by atoms with Crippen LogP contribution in [0.2, 0.25) is 0 Å². The van der Waals surface area contributed by atoms with Gasteiger partial charge in [0.1, 0.15) is 6.33 Å². The van der Waals surface area contributed by atoms with E-state index < -0.39 is 4.92 Å². The van der Waals surface area contributed by atoms with E-state index in [0.29, 0.717) is 26.2 Å². The Bertz CT molecular complexity index is 516. The van der Waals surface area contributed by atoms with E-state index in [1.165, 1.54) is 6.33 Å². The van der Waals surface area contributed by atoms with E-state index in [-0.39, 0.29) is 23.7 Å². The topological polar surface area (TPSA) is 117 Å². The molecule has 0 bridgehead atoms. The Labute approximate surface area is 122 Å². The van der Waals surface area contributed by atoms with Crippen LogP contribution in [0, 0.1) is 21.4 Å². The van der Waals surface area contributed by atoms with Crippen LogP contribution < -0.4 is 10.2 Å². The molecule has 0 atom stereocenters. The van der Waals surface area contributed by atoms with Crippen molar-refractivity contribution in [1.29, 1.82) is 5.26 Å². The van der Waals surface area contributed by atoms with E-state index in [0.717, 1.165) is 0 Å². The van der Waals surface area contributed by atoms with E-state index in [2.05, 4.69) is 15.3 Å². The van der Waals surface area contributed by atoms with Crippen molar-refractivity contribution in [2.45, 2.75) is 13.3 Å². The predicted octanol–water partition coefficient (Wildman–Crippen LogP) is 1.18. The van der Waals surface area contributed by atoms with Gasteiger partial charge in [-0.15, -0.1) is 0 Å². The fourth-order valence-corrected chi connectivity index (χ4v) is 1.78. The summed E-state index contributed by atoms with van der Waals surface area (Å²) in [6.45, 7) is 3.45. The first-order chi connectivity index (χ1) is 10.2. The Hall–Kier alpha value is -2.47. The number of nitrogens with one attached hydrogen (secondary N) is 1. The molecule has 0 aliphatic carbocycles. The van der Waals surface area contributed by atoms with Crippen molar-refractivity contribution >= 4 is 17.3 Å². The Balaban J connectivity index is 3.18. The monoisotopic (exact) mass is 294 g/mol. The van der Waals surface area contributed by atoms with Crippen LogP contribution in [-0.4, -0.2) is 48.2 Å². The van der Waals surface area contributed by atoms with Gasteiger partial charge in [-0.2, -0.15) is 5.26 Å². The highest BCUT2D eigenvalue weighted by molar-refractivity contribution is 5.70. The molecule has 0 aromatic carbocycles. The molecule has 9 heteroatoms. The van der Waals surface area contributed by atoms with Crippen molar-refractivity contribution in [2.24, 2.45) is 0 Å². The SMILES string of the molecule is CCNc1ncnc(N(CCC#N)CCOC)c1[N+](=O)[O-]. The van der Waals surface area contributed by atoms with Crippen molar-refractivity contribution in [3.63, 3.8) is 0 Å². The summed E-state index contributed by atoms with van der Waals surface area (Å²) in [7, 11) is 1.54. The van der Waals surface area contributed by atoms with Crippen LogP contribution in [0.25, 0.3) is 0 Å². The maximum atomic E-state index is 11.3.